The second-order valence-electron chi connectivity index (χ2n) is 5.52. The number of rotatable bonds is 5. The highest BCUT2D eigenvalue weighted by molar-refractivity contribution is 7.12. The van der Waals surface area contributed by atoms with Gasteiger partial charge in [0.1, 0.15) is 4.88 Å². The molecule has 0 radical (unpaired) electrons. The Morgan fingerprint density at radius 2 is 1.91 bits per heavy atom. The normalized spacial score (nSPS) is 11.0. The SMILES string of the molecule is CC(C)(N)CNC(=O)c1sccc1NC(=O)c1ccncc1. The van der Waals surface area contributed by atoms with Crippen molar-refractivity contribution in [2.24, 2.45) is 5.73 Å². The molecule has 0 saturated heterocycles. The van der Waals surface area contributed by atoms with Gasteiger partial charge in [0, 0.05) is 30.0 Å². The van der Waals surface area contributed by atoms with Crippen LogP contribution in [0.5, 0.6) is 0 Å². The number of hydrogen-bond donors (Lipinski definition) is 3. The zero-order chi connectivity index (χ0) is 16.2. The van der Waals surface area contributed by atoms with E-state index in [0.717, 1.165) is 0 Å². The minimum Gasteiger partial charge on any atom is -0.349 e. The Morgan fingerprint density at radius 3 is 2.55 bits per heavy atom. The number of pyridine rings is 1. The largest absolute Gasteiger partial charge is 0.349 e. The summed E-state index contributed by atoms with van der Waals surface area (Å²) >= 11 is 1.27. The average molecular weight is 318 g/mol. The predicted molar refractivity (Wildman–Crippen MR) is 87.1 cm³/mol. The molecule has 4 N–H and O–H groups in total. The Labute approximate surface area is 132 Å². The van der Waals surface area contributed by atoms with Gasteiger partial charge in [0.25, 0.3) is 11.8 Å². The molecular weight excluding hydrogens is 300 g/mol. The monoisotopic (exact) mass is 318 g/mol. The lowest BCUT2D eigenvalue weighted by Crippen LogP contribution is -2.45. The molecule has 22 heavy (non-hydrogen) atoms. The topological polar surface area (TPSA) is 97.1 Å². The molecule has 2 aromatic heterocycles. The molecule has 0 unspecified atom stereocenters. The molecule has 0 aromatic carbocycles. The maximum Gasteiger partial charge on any atom is 0.263 e. The van der Waals surface area contributed by atoms with E-state index < -0.39 is 5.54 Å². The third-order valence-electron chi connectivity index (χ3n) is 2.77. The van der Waals surface area contributed by atoms with E-state index in [9.17, 15) is 9.59 Å². The third kappa shape index (κ3) is 4.37. The minimum atomic E-state index is -0.493. The van der Waals surface area contributed by atoms with Gasteiger partial charge >= 0.3 is 0 Å². The number of nitrogens with one attached hydrogen (secondary N) is 2. The number of hydrogen-bond acceptors (Lipinski definition) is 5. The first kappa shape index (κ1) is 16.1. The van der Waals surface area contributed by atoms with Crippen molar-refractivity contribution in [1.29, 1.82) is 0 Å². The third-order valence-corrected chi connectivity index (χ3v) is 3.68. The van der Waals surface area contributed by atoms with Gasteiger partial charge in [-0.05, 0) is 37.4 Å². The van der Waals surface area contributed by atoms with Crippen molar-refractivity contribution in [3.8, 4) is 0 Å². The zero-order valence-electron chi connectivity index (χ0n) is 12.4. The highest BCUT2D eigenvalue weighted by atomic mass is 32.1. The highest BCUT2D eigenvalue weighted by Gasteiger charge is 2.18. The molecule has 0 bridgehead atoms. The number of carbonyl (C=O) groups is 2. The first-order valence-electron chi connectivity index (χ1n) is 6.73. The number of amides is 2. The summed E-state index contributed by atoms with van der Waals surface area (Å²) in [5.41, 5.74) is 6.32. The molecule has 0 aliphatic carbocycles. The summed E-state index contributed by atoms with van der Waals surface area (Å²) in [6.45, 7) is 4.00. The summed E-state index contributed by atoms with van der Waals surface area (Å²) in [6, 6.07) is 4.92. The number of nitrogens with two attached hydrogens (primary N) is 1. The van der Waals surface area contributed by atoms with Crippen LogP contribution < -0.4 is 16.4 Å². The van der Waals surface area contributed by atoms with Gasteiger partial charge in [0.2, 0.25) is 0 Å². The zero-order valence-corrected chi connectivity index (χ0v) is 13.2. The lowest BCUT2D eigenvalue weighted by atomic mass is 10.1. The first-order valence-corrected chi connectivity index (χ1v) is 7.61. The van der Waals surface area contributed by atoms with Crippen molar-refractivity contribution >= 4 is 28.8 Å². The summed E-state index contributed by atoms with van der Waals surface area (Å²) in [7, 11) is 0. The second kappa shape index (κ2) is 6.67. The molecule has 116 valence electrons. The molecule has 0 aliphatic rings. The van der Waals surface area contributed by atoms with Gasteiger partial charge < -0.3 is 16.4 Å². The number of anilines is 1. The molecule has 0 atom stereocenters. The van der Waals surface area contributed by atoms with Gasteiger partial charge in [-0.15, -0.1) is 11.3 Å². The number of aromatic nitrogens is 1. The van der Waals surface area contributed by atoms with Gasteiger partial charge in [0.15, 0.2) is 0 Å². The van der Waals surface area contributed by atoms with Crippen LogP contribution in [0.2, 0.25) is 0 Å². The summed E-state index contributed by atoms with van der Waals surface area (Å²) in [5.74, 6) is -0.535. The van der Waals surface area contributed by atoms with Crippen LogP contribution in [0.4, 0.5) is 5.69 Å². The molecular formula is C15H18N4O2S. The van der Waals surface area contributed by atoms with Crippen molar-refractivity contribution in [2.45, 2.75) is 19.4 Å². The summed E-state index contributed by atoms with van der Waals surface area (Å²) in [6.07, 6.45) is 3.08. The fourth-order valence-corrected chi connectivity index (χ4v) is 2.44. The molecule has 6 nitrogen and oxygen atoms in total. The number of carbonyl (C=O) groups excluding carboxylic acids is 2. The van der Waals surface area contributed by atoms with Gasteiger partial charge in [-0.3, -0.25) is 14.6 Å². The Morgan fingerprint density at radius 1 is 1.23 bits per heavy atom. The van der Waals surface area contributed by atoms with Crippen LogP contribution in [0.25, 0.3) is 0 Å². The highest BCUT2D eigenvalue weighted by Crippen LogP contribution is 2.23. The maximum atomic E-state index is 12.2. The van der Waals surface area contributed by atoms with Crippen molar-refractivity contribution in [1.82, 2.24) is 10.3 Å². The summed E-state index contributed by atoms with van der Waals surface area (Å²) in [5, 5.41) is 7.25. The maximum absolute atomic E-state index is 12.2. The Hall–Kier alpha value is -2.25. The summed E-state index contributed by atoms with van der Waals surface area (Å²) < 4.78 is 0. The van der Waals surface area contributed by atoms with Crippen molar-refractivity contribution < 1.29 is 9.59 Å². The number of nitrogens with zero attached hydrogens (tertiary/aromatic N) is 1. The van der Waals surface area contributed by atoms with Crippen molar-refractivity contribution in [3.63, 3.8) is 0 Å². The quantitative estimate of drug-likeness (QED) is 0.784. The molecule has 2 amide bonds. The van der Waals surface area contributed by atoms with Crippen LogP contribution >= 0.6 is 11.3 Å². The van der Waals surface area contributed by atoms with E-state index in [1.165, 1.54) is 11.3 Å². The first-order chi connectivity index (χ1) is 10.4. The standard InChI is InChI=1S/C15H18N4O2S/c1-15(2,16)9-18-14(21)12-11(5-8-22-12)19-13(20)10-3-6-17-7-4-10/h3-8H,9,16H2,1-2H3,(H,18,21)(H,19,20). The van der Waals surface area contributed by atoms with Crippen LogP contribution in [0, 0.1) is 0 Å². The predicted octanol–water partition coefficient (Wildman–Crippen LogP) is 1.86. The lowest BCUT2D eigenvalue weighted by molar-refractivity contribution is 0.0951. The van der Waals surface area contributed by atoms with Crippen molar-refractivity contribution in [3.05, 3.63) is 46.4 Å². The van der Waals surface area contributed by atoms with Gasteiger partial charge in [-0.1, -0.05) is 0 Å². The van der Waals surface area contributed by atoms with Crippen LogP contribution in [-0.4, -0.2) is 28.9 Å². The Kier molecular flexibility index (Phi) is 4.89. The number of thiophene rings is 1. The molecule has 2 heterocycles. The van der Waals surface area contributed by atoms with E-state index in [1.807, 2.05) is 13.8 Å². The Bertz CT molecular complexity index is 662. The van der Waals surface area contributed by atoms with Crippen LogP contribution in [-0.2, 0) is 0 Å². The molecule has 0 saturated carbocycles. The van der Waals surface area contributed by atoms with Gasteiger partial charge in [-0.25, -0.2) is 0 Å². The van der Waals surface area contributed by atoms with E-state index in [2.05, 4.69) is 15.6 Å². The van der Waals surface area contributed by atoms with E-state index in [4.69, 9.17) is 5.73 Å². The fourth-order valence-electron chi connectivity index (χ4n) is 1.67. The second-order valence-corrected chi connectivity index (χ2v) is 6.44. The van der Waals surface area contributed by atoms with Crippen LogP contribution in [0.15, 0.2) is 36.0 Å². The van der Waals surface area contributed by atoms with Gasteiger partial charge in [0.05, 0.1) is 5.69 Å². The van der Waals surface area contributed by atoms with E-state index >= 15 is 0 Å². The molecule has 0 spiro atoms. The molecule has 7 heteroatoms. The molecule has 0 aliphatic heterocycles. The van der Waals surface area contributed by atoms with Crippen LogP contribution in [0.3, 0.4) is 0 Å². The lowest BCUT2D eigenvalue weighted by Gasteiger charge is -2.18. The Balaban J connectivity index is 2.06. The smallest absolute Gasteiger partial charge is 0.263 e. The molecule has 2 aromatic rings. The van der Waals surface area contributed by atoms with E-state index in [1.54, 1.807) is 36.0 Å². The van der Waals surface area contributed by atoms with Gasteiger partial charge in [-0.2, -0.15) is 0 Å². The summed E-state index contributed by atoms with van der Waals surface area (Å²) in [4.78, 5) is 28.6. The minimum absolute atomic E-state index is 0.251. The van der Waals surface area contributed by atoms with Crippen molar-refractivity contribution in [2.75, 3.05) is 11.9 Å². The van der Waals surface area contributed by atoms with E-state index in [-0.39, 0.29) is 11.8 Å². The molecule has 0 fully saturated rings. The molecule has 2 rings (SSSR count). The van der Waals surface area contributed by atoms with E-state index in [0.29, 0.717) is 22.7 Å². The fraction of sp³-hybridized carbons (Fsp3) is 0.267. The van der Waals surface area contributed by atoms with Crippen LogP contribution in [0.1, 0.15) is 33.9 Å². The average Bonchev–Trinajstić information content (AvgIpc) is 2.93.